The van der Waals surface area contributed by atoms with Crippen molar-refractivity contribution in [2.45, 2.75) is 0 Å². The lowest BCUT2D eigenvalue weighted by Crippen LogP contribution is -2.48. The molecule has 0 unspecified atom stereocenters. The Labute approximate surface area is 157 Å². The van der Waals surface area contributed by atoms with E-state index in [-0.39, 0.29) is 11.6 Å². The number of carbonyl (C=O) groups excluding carboxylic acids is 1. The van der Waals surface area contributed by atoms with Crippen molar-refractivity contribution in [1.29, 1.82) is 0 Å². The maximum atomic E-state index is 12.4. The number of anilines is 1. The molecule has 27 heavy (non-hydrogen) atoms. The van der Waals surface area contributed by atoms with Crippen molar-refractivity contribution >= 4 is 23.4 Å². The Bertz CT molecular complexity index is 844. The molecule has 0 aromatic heterocycles. The number of piperazine rings is 1. The molecular weight excluding hydrogens is 346 g/mol. The van der Waals surface area contributed by atoms with Gasteiger partial charge in [0.1, 0.15) is 11.4 Å². The Morgan fingerprint density at radius 1 is 1.11 bits per heavy atom. The molecule has 7 heteroatoms. The van der Waals surface area contributed by atoms with E-state index < -0.39 is 4.92 Å². The van der Waals surface area contributed by atoms with E-state index >= 15 is 0 Å². The van der Waals surface area contributed by atoms with E-state index in [1.54, 1.807) is 29.2 Å². The lowest BCUT2D eigenvalue weighted by Gasteiger charge is -2.35. The summed E-state index contributed by atoms with van der Waals surface area (Å²) in [5, 5.41) is 11.4. The SMILES string of the molecule is COc1ccc(N2CCN(C(=O)C=Cc3ccccc3)CC2)c([N+](=O)[O-])c1. The van der Waals surface area contributed by atoms with E-state index in [9.17, 15) is 14.9 Å². The summed E-state index contributed by atoms with van der Waals surface area (Å²) < 4.78 is 5.08. The van der Waals surface area contributed by atoms with Crippen LogP contribution >= 0.6 is 0 Å². The Balaban J connectivity index is 1.64. The third kappa shape index (κ3) is 4.44. The second-order valence-electron chi connectivity index (χ2n) is 6.17. The van der Waals surface area contributed by atoms with Gasteiger partial charge in [0, 0.05) is 32.3 Å². The maximum Gasteiger partial charge on any atom is 0.296 e. The van der Waals surface area contributed by atoms with Crippen LogP contribution in [0.15, 0.2) is 54.6 Å². The minimum Gasteiger partial charge on any atom is -0.496 e. The van der Waals surface area contributed by atoms with Gasteiger partial charge >= 0.3 is 0 Å². The zero-order valence-electron chi connectivity index (χ0n) is 15.1. The molecule has 0 bridgehead atoms. The van der Waals surface area contributed by atoms with E-state index in [1.807, 2.05) is 35.2 Å². The highest BCUT2D eigenvalue weighted by Crippen LogP contribution is 2.32. The number of benzene rings is 2. The first-order valence-corrected chi connectivity index (χ1v) is 8.68. The Hall–Kier alpha value is -3.35. The minimum absolute atomic E-state index is 0.0121. The van der Waals surface area contributed by atoms with Gasteiger partial charge < -0.3 is 14.5 Å². The molecule has 7 nitrogen and oxygen atoms in total. The van der Waals surface area contributed by atoms with Crippen LogP contribution in [0.4, 0.5) is 11.4 Å². The van der Waals surface area contributed by atoms with Crippen molar-refractivity contribution in [1.82, 2.24) is 4.90 Å². The summed E-state index contributed by atoms with van der Waals surface area (Å²) >= 11 is 0. The van der Waals surface area contributed by atoms with Gasteiger partial charge in [-0.15, -0.1) is 0 Å². The number of ether oxygens (including phenoxy) is 1. The third-order valence-corrected chi connectivity index (χ3v) is 4.53. The lowest BCUT2D eigenvalue weighted by molar-refractivity contribution is -0.384. The molecule has 0 saturated carbocycles. The van der Waals surface area contributed by atoms with E-state index in [0.29, 0.717) is 37.6 Å². The molecule has 0 aliphatic carbocycles. The fourth-order valence-corrected chi connectivity index (χ4v) is 3.05. The molecule has 2 aromatic carbocycles. The number of methoxy groups -OCH3 is 1. The van der Waals surface area contributed by atoms with Crippen LogP contribution in [0, 0.1) is 10.1 Å². The number of nitro benzene ring substituents is 1. The number of nitro groups is 1. The van der Waals surface area contributed by atoms with Crippen LogP contribution in [-0.2, 0) is 4.79 Å². The zero-order valence-corrected chi connectivity index (χ0v) is 15.1. The zero-order chi connectivity index (χ0) is 19.2. The van der Waals surface area contributed by atoms with Gasteiger partial charge in [-0.2, -0.15) is 0 Å². The van der Waals surface area contributed by atoms with Gasteiger partial charge in [-0.3, -0.25) is 14.9 Å². The molecule has 1 fully saturated rings. The number of amides is 1. The summed E-state index contributed by atoms with van der Waals surface area (Å²) in [6.07, 6.45) is 3.36. The molecule has 0 radical (unpaired) electrons. The molecule has 0 spiro atoms. The first-order valence-electron chi connectivity index (χ1n) is 8.68. The maximum absolute atomic E-state index is 12.4. The van der Waals surface area contributed by atoms with Gasteiger partial charge in [-0.1, -0.05) is 30.3 Å². The standard InChI is InChI=1S/C20H21N3O4/c1-27-17-8-9-18(19(15-17)23(25)26)21-11-13-22(14-12-21)20(24)10-7-16-5-3-2-4-6-16/h2-10,15H,11-14H2,1H3. The van der Waals surface area contributed by atoms with Crippen LogP contribution in [-0.4, -0.2) is 49.0 Å². The molecule has 1 aliphatic heterocycles. The minimum atomic E-state index is -0.405. The number of rotatable bonds is 5. The van der Waals surface area contributed by atoms with Crippen LogP contribution < -0.4 is 9.64 Å². The Morgan fingerprint density at radius 2 is 1.81 bits per heavy atom. The monoisotopic (exact) mass is 367 g/mol. The molecule has 0 N–H and O–H groups in total. The number of hydrogen-bond acceptors (Lipinski definition) is 5. The Kier molecular flexibility index (Phi) is 5.71. The topological polar surface area (TPSA) is 75.9 Å². The van der Waals surface area contributed by atoms with Gasteiger partial charge in [-0.25, -0.2) is 0 Å². The van der Waals surface area contributed by atoms with Gasteiger partial charge in [0.15, 0.2) is 0 Å². The van der Waals surface area contributed by atoms with Crippen molar-refractivity contribution in [3.63, 3.8) is 0 Å². The van der Waals surface area contributed by atoms with Gasteiger partial charge in [-0.05, 0) is 23.8 Å². The highest BCUT2D eigenvalue weighted by Gasteiger charge is 2.25. The molecule has 1 aliphatic rings. The van der Waals surface area contributed by atoms with E-state index in [0.717, 1.165) is 5.56 Å². The molecule has 0 atom stereocenters. The van der Waals surface area contributed by atoms with E-state index in [4.69, 9.17) is 4.74 Å². The van der Waals surface area contributed by atoms with Crippen LogP contribution in [0.5, 0.6) is 5.75 Å². The Morgan fingerprint density at radius 3 is 2.44 bits per heavy atom. The molecule has 1 amide bonds. The predicted octanol–water partition coefficient (Wildman–Crippen LogP) is 2.97. The second kappa shape index (κ2) is 8.35. The largest absolute Gasteiger partial charge is 0.496 e. The van der Waals surface area contributed by atoms with Gasteiger partial charge in [0.2, 0.25) is 5.91 Å². The third-order valence-electron chi connectivity index (χ3n) is 4.53. The molecule has 1 saturated heterocycles. The normalized spacial score (nSPS) is 14.4. The summed E-state index contributed by atoms with van der Waals surface area (Å²) in [6, 6.07) is 14.5. The number of carbonyl (C=O) groups is 1. The van der Waals surface area contributed by atoms with Crippen molar-refractivity contribution < 1.29 is 14.5 Å². The van der Waals surface area contributed by atoms with E-state index in [2.05, 4.69) is 0 Å². The highest BCUT2D eigenvalue weighted by molar-refractivity contribution is 5.92. The first kappa shape index (κ1) is 18.4. The first-order chi connectivity index (χ1) is 13.1. The molecule has 140 valence electrons. The van der Waals surface area contributed by atoms with Crippen LogP contribution in [0.25, 0.3) is 6.08 Å². The molecular formula is C20H21N3O4. The van der Waals surface area contributed by atoms with Crippen LogP contribution in [0.3, 0.4) is 0 Å². The number of hydrogen-bond donors (Lipinski definition) is 0. The summed E-state index contributed by atoms with van der Waals surface area (Å²) in [7, 11) is 1.48. The van der Waals surface area contributed by atoms with Crippen LogP contribution in [0.1, 0.15) is 5.56 Å². The van der Waals surface area contributed by atoms with Crippen molar-refractivity contribution in [2.75, 3.05) is 38.2 Å². The molecule has 1 heterocycles. The fourth-order valence-electron chi connectivity index (χ4n) is 3.05. The lowest BCUT2D eigenvalue weighted by atomic mass is 10.2. The molecule has 2 aromatic rings. The quantitative estimate of drug-likeness (QED) is 0.461. The average molecular weight is 367 g/mol. The van der Waals surface area contributed by atoms with E-state index in [1.165, 1.54) is 13.2 Å². The highest BCUT2D eigenvalue weighted by atomic mass is 16.6. The van der Waals surface area contributed by atoms with Crippen molar-refractivity contribution in [3.05, 3.63) is 70.3 Å². The van der Waals surface area contributed by atoms with Crippen LogP contribution in [0.2, 0.25) is 0 Å². The summed E-state index contributed by atoms with van der Waals surface area (Å²) in [5.41, 5.74) is 1.53. The predicted molar refractivity (Wildman–Crippen MR) is 104 cm³/mol. The van der Waals surface area contributed by atoms with Gasteiger partial charge in [0.25, 0.3) is 5.69 Å². The summed E-state index contributed by atoms with van der Waals surface area (Å²) in [6.45, 7) is 2.11. The summed E-state index contributed by atoms with van der Waals surface area (Å²) in [5.74, 6) is 0.396. The van der Waals surface area contributed by atoms with Crippen molar-refractivity contribution in [2.24, 2.45) is 0 Å². The fraction of sp³-hybridized carbons (Fsp3) is 0.250. The summed E-state index contributed by atoms with van der Waals surface area (Å²) in [4.78, 5) is 27.0. The molecule has 3 rings (SSSR count). The van der Waals surface area contributed by atoms with Crippen molar-refractivity contribution in [3.8, 4) is 5.75 Å². The van der Waals surface area contributed by atoms with Gasteiger partial charge in [0.05, 0.1) is 18.1 Å². The smallest absolute Gasteiger partial charge is 0.296 e. The second-order valence-corrected chi connectivity index (χ2v) is 6.17. The number of nitrogens with zero attached hydrogens (tertiary/aromatic N) is 3. The average Bonchev–Trinajstić information content (AvgIpc) is 2.72.